The van der Waals surface area contributed by atoms with Gasteiger partial charge >= 0.3 is 6.09 Å². The maximum absolute atomic E-state index is 13.4. The van der Waals surface area contributed by atoms with Crippen LogP contribution in [-0.2, 0) is 21.2 Å². The van der Waals surface area contributed by atoms with E-state index in [1.807, 2.05) is 13.8 Å². The van der Waals surface area contributed by atoms with E-state index in [4.69, 9.17) is 9.47 Å². The molecule has 0 aliphatic heterocycles. The predicted octanol–water partition coefficient (Wildman–Crippen LogP) is 4.57. The van der Waals surface area contributed by atoms with Crippen molar-refractivity contribution in [2.45, 2.75) is 64.0 Å². The molecule has 8 nitrogen and oxygen atoms in total. The van der Waals surface area contributed by atoms with E-state index < -0.39 is 21.7 Å². The zero-order valence-corrected chi connectivity index (χ0v) is 22.3. The molecule has 2 aromatic carbocycles. The number of nitrogens with one attached hydrogen (secondary N) is 1. The molecule has 9 heteroatoms. The van der Waals surface area contributed by atoms with Gasteiger partial charge in [0.15, 0.2) is 0 Å². The summed E-state index contributed by atoms with van der Waals surface area (Å²) in [6.45, 7) is 9.83. The average Bonchev–Trinajstić information content (AvgIpc) is 2.76. The lowest BCUT2D eigenvalue weighted by Crippen LogP contribution is -2.43. The number of ether oxygens (including phenoxy) is 2. The standard InChI is InChI=1S/C26H38N2O6S/c1-19(2)18-28(35(31,32)24-13-11-23(33-6)12-14-24)16-15-21(27-25(30)34-26(3,4)5)17-20-7-9-22(29)10-8-20/h7-14,19,21,29H,15-18H2,1-6H3,(H,27,30)/t21-/m1/s1. The molecule has 0 radical (unpaired) electrons. The number of sulfonamides is 1. The van der Waals surface area contributed by atoms with Gasteiger partial charge in [0.05, 0.1) is 12.0 Å². The summed E-state index contributed by atoms with van der Waals surface area (Å²) < 4.78 is 38.9. The van der Waals surface area contributed by atoms with E-state index in [1.54, 1.807) is 57.2 Å². The molecule has 35 heavy (non-hydrogen) atoms. The molecule has 0 aliphatic rings. The van der Waals surface area contributed by atoms with E-state index >= 15 is 0 Å². The van der Waals surface area contributed by atoms with Crippen molar-refractivity contribution in [2.24, 2.45) is 5.92 Å². The Morgan fingerprint density at radius 1 is 1.06 bits per heavy atom. The van der Waals surface area contributed by atoms with Crippen molar-refractivity contribution in [1.29, 1.82) is 0 Å². The second-order valence-electron chi connectivity index (χ2n) is 9.93. The highest BCUT2D eigenvalue weighted by atomic mass is 32.2. The first-order valence-corrected chi connectivity index (χ1v) is 13.2. The van der Waals surface area contributed by atoms with Gasteiger partial charge < -0.3 is 19.9 Å². The van der Waals surface area contributed by atoms with Crippen molar-refractivity contribution in [3.63, 3.8) is 0 Å². The second-order valence-corrected chi connectivity index (χ2v) is 11.9. The monoisotopic (exact) mass is 506 g/mol. The Hall–Kier alpha value is -2.78. The fourth-order valence-electron chi connectivity index (χ4n) is 3.53. The van der Waals surface area contributed by atoms with Crippen molar-refractivity contribution in [3.05, 3.63) is 54.1 Å². The van der Waals surface area contributed by atoms with Gasteiger partial charge in [0, 0.05) is 19.1 Å². The molecule has 1 atom stereocenters. The van der Waals surface area contributed by atoms with E-state index in [-0.39, 0.29) is 29.1 Å². The fraction of sp³-hybridized carbons (Fsp3) is 0.500. The van der Waals surface area contributed by atoms with E-state index in [0.717, 1.165) is 5.56 Å². The first-order chi connectivity index (χ1) is 16.3. The maximum atomic E-state index is 13.4. The smallest absolute Gasteiger partial charge is 0.407 e. The highest BCUT2D eigenvalue weighted by Crippen LogP contribution is 2.22. The molecule has 0 aliphatic carbocycles. The van der Waals surface area contributed by atoms with Crippen LogP contribution in [0.1, 0.15) is 46.6 Å². The normalized spacial score (nSPS) is 13.0. The number of carbonyl (C=O) groups is 1. The van der Waals surface area contributed by atoms with Crippen LogP contribution in [-0.4, -0.2) is 55.8 Å². The summed E-state index contributed by atoms with van der Waals surface area (Å²) >= 11 is 0. The number of nitrogens with zero attached hydrogens (tertiary/aromatic N) is 1. The molecule has 0 saturated carbocycles. The number of methoxy groups -OCH3 is 1. The highest BCUT2D eigenvalue weighted by molar-refractivity contribution is 7.89. The van der Waals surface area contributed by atoms with Crippen molar-refractivity contribution >= 4 is 16.1 Å². The molecular formula is C26H38N2O6S. The number of amides is 1. The van der Waals surface area contributed by atoms with Crippen LogP contribution in [0.2, 0.25) is 0 Å². The Labute approximate surface area is 209 Å². The number of aromatic hydroxyl groups is 1. The van der Waals surface area contributed by atoms with Crippen LogP contribution in [0, 0.1) is 5.92 Å². The SMILES string of the molecule is COc1ccc(S(=O)(=O)N(CC[C@H](Cc2ccc(O)cc2)NC(=O)OC(C)(C)C)CC(C)C)cc1. The largest absolute Gasteiger partial charge is 0.508 e. The van der Waals surface area contributed by atoms with Crippen molar-refractivity contribution in [1.82, 2.24) is 9.62 Å². The highest BCUT2D eigenvalue weighted by Gasteiger charge is 2.27. The van der Waals surface area contributed by atoms with Crippen LogP contribution < -0.4 is 10.1 Å². The third kappa shape index (κ3) is 9.41. The van der Waals surface area contributed by atoms with Crippen LogP contribution in [0.3, 0.4) is 0 Å². The van der Waals surface area contributed by atoms with E-state index in [2.05, 4.69) is 5.32 Å². The number of phenolic OH excluding ortho intramolecular Hbond substituents is 1. The Morgan fingerprint density at radius 2 is 1.66 bits per heavy atom. The van der Waals surface area contributed by atoms with Crippen molar-refractivity contribution in [2.75, 3.05) is 20.2 Å². The number of carbonyl (C=O) groups excluding carboxylic acids is 1. The number of alkyl carbamates (subject to hydrolysis) is 1. The Morgan fingerprint density at radius 3 is 2.17 bits per heavy atom. The van der Waals surface area contributed by atoms with E-state index in [0.29, 0.717) is 25.1 Å². The second kappa shape index (κ2) is 12.3. The van der Waals surface area contributed by atoms with E-state index in [9.17, 15) is 18.3 Å². The van der Waals surface area contributed by atoms with Gasteiger partial charge in [0.25, 0.3) is 0 Å². The molecule has 0 fully saturated rings. The molecule has 0 aromatic heterocycles. The Kier molecular flexibility index (Phi) is 9.97. The first kappa shape index (κ1) is 28.5. The fourth-order valence-corrected chi connectivity index (χ4v) is 5.15. The summed E-state index contributed by atoms with van der Waals surface area (Å²) in [5, 5.41) is 12.5. The number of hydrogen-bond donors (Lipinski definition) is 2. The van der Waals surface area contributed by atoms with Crippen molar-refractivity contribution < 1.29 is 27.8 Å². The minimum Gasteiger partial charge on any atom is -0.508 e. The summed E-state index contributed by atoms with van der Waals surface area (Å²) in [5.74, 6) is 0.839. The summed E-state index contributed by atoms with van der Waals surface area (Å²) in [6, 6.07) is 12.7. The minimum atomic E-state index is -3.75. The molecule has 0 spiro atoms. The van der Waals surface area contributed by atoms with Crippen LogP contribution in [0.15, 0.2) is 53.4 Å². The maximum Gasteiger partial charge on any atom is 0.407 e. The van der Waals surface area contributed by atoms with Crippen LogP contribution >= 0.6 is 0 Å². The molecule has 0 bridgehead atoms. The lowest BCUT2D eigenvalue weighted by atomic mass is 10.0. The van der Waals surface area contributed by atoms with Gasteiger partial charge in [0.1, 0.15) is 17.1 Å². The molecule has 2 N–H and O–H groups in total. The third-order valence-electron chi connectivity index (χ3n) is 5.13. The minimum absolute atomic E-state index is 0.109. The molecule has 2 aromatic rings. The molecule has 0 unspecified atom stereocenters. The topological polar surface area (TPSA) is 105 Å². The van der Waals surface area contributed by atoms with Crippen LogP contribution in [0.25, 0.3) is 0 Å². The average molecular weight is 507 g/mol. The van der Waals surface area contributed by atoms with Crippen LogP contribution in [0.5, 0.6) is 11.5 Å². The zero-order chi connectivity index (χ0) is 26.2. The number of rotatable bonds is 11. The quantitative estimate of drug-likeness (QED) is 0.462. The van der Waals surface area contributed by atoms with Gasteiger partial charge in [-0.15, -0.1) is 0 Å². The molecule has 2 rings (SSSR count). The molecule has 0 saturated heterocycles. The van der Waals surface area contributed by atoms with Crippen LogP contribution in [0.4, 0.5) is 4.79 Å². The molecule has 194 valence electrons. The third-order valence-corrected chi connectivity index (χ3v) is 7.01. The number of benzene rings is 2. The Balaban J connectivity index is 2.24. The Bertz CT molecular complexity index is 1040. The van der Waals surface area contributed by atoms with Gasteiger partial charge in [-0.3, -0.25) is 0 Å². The van der Waals surface area contributed by atoms with E-state index in [1.165, 1.54) is 23.5 Å². The predicted molar refractivity (Wildman–Crippen MR) is 136 cm³/mol. The van der Waals surface area contributed by atoms with Gasteiger partial charge in [-0.2, -0.15) is 4.31 Å². The summed E-state index contributed by atoms with van der Waals surface area (Å²) in [4.78, 5) is 12.7. The number of phenols is 1. The molecule has 1 amide bonds. The summed E-state index contributed by atoms with van der Waals surface area (Å²) in [7, 11) is -2.22. The van der Waals surface area contributed by atoms with Crippen molar-refractivity contribution in [3.8, 4) is 11.5 Å². The molecular weight excluding hydrogens is 468 g/mol. The number of hydrogen-bond acceptors (Lipinski definition) is 6. The van der Waals surface area contributed by atoms with Gasteiger partial charge in [0.2, 0.25) is 10.0 Å². The summed E-state index contributed by atoms with van der Waals surface area (Å²) in [6.07, 6.45) is 0.273. The lowest BCUT2D eigenvalue weighted by Gasteiger charge is -2.28. The zero-order valence-electron chi connectivity index (χ0n) is 21.4. The van der Waals surface area contributed by atoms with Gasteiger partial charge in [-0.1, -0.05) is 26.0 Å². The summed E-state index contributed by atoms with van der Waals surface area (Å²) in [5.41, 5.74) is 0.242. The molecule has 0 heterocycles. The first-order valence-electron chi connectivity index (χ1n) is 11.7. The van der Waals surface area contributed by atoms with Gasteiger partial charge in [-0.25, -0.2) is 13.2 Å². The lowest BCUT2D eigenvalue weighted by molar-refractivity contribution is 0.0500. The van der Waals surface area contributed by atoms with Gasteiger partial charge in [-0.05, 0) is 81.5 Å².